The number of nitrogen functional groups attached to an aromatic ring is 1. The van der Waals surface area contributed by atoms with Crippen LogP contribution in [-0.2, 0) is 11.2 Å². The van der Waals surface area contributed by atoms with Crippen molar-refractivity contribution in [3.8, 4) is 0 Å². The minimum atomic E-state index is 0.0268. The summed E-state index contributed by atoms with van der Waals surface area (Å²) in [5.41, 5.74) is 9.64. The van der Waals surface area contributed by atoms with Crippen LogP contribution in [0.3, 0.4) is 0 Å². The van der Waals surface area contributed by atoms with Crippen molar-refractivity contribution in [2.45, 2.75) is 12.8 Å². The third-order valence-corrected chi connectivity index (χ3v) is 3.73. The SMILES string of the molecule is Nc1ccc(/C=C/C(=O)N2CCCc3ccccc32)cc1. The van der Waals surface area contributed by atoms with Crippen LogP contribution >= 0.6 is 0 Å². The molecule has 1 aliphatic rings. The van der Waals surface area contributed by atoms with E-state index in [2.05, 4.69) is 6.07 Å². The van der Waals surface area contributed by atoms with E-state index in [0.29, 0.717) is 0 Å². The van der Waals surface area contributed by atoms with Crippen molar-refractivity contribution in [2.24, 2.45) is 0 Å². The molecule has 0 radical (unpaired) electrons. The highest BCUT2D eigenvalue weighted by molar-refractivity contribution is 6.04. The van der Waals surface area contributed by atoms with Gasteiger partial charge in [-0.15, -0.1) is 0 Å². The number of fused-ring (bicyclic) bond motifs is 1. The van der Waals surface area contributed by atoms with Gasteiger partial charge in [-0.1, -0.05) is 30.3 Å². The van der Waals surface area contributed by atoms with Crippen LogP contribution in [0.25, 0.3) is 6.08 Å². The fourth-order valence-electron chi connectivity index (χ4n) is 2.63. The zero-order valence-corrected chi connectivity index (χ0v) is 11.8. The molecular weight excluding hydrogens is 260 g/mol. The highest BCUT2D eigenvalue weighted by atomic mass is 16.2. The molecule has 0 unspecified atom stereocenters. The van der Waals surface area contributed by atoms with Gasteiger partial charge in [0.15, 0.2) is 0 Å². The largest absolute Gasteiger partial charge is 0.399 e. The van der Waals surface area contributed by atoms with Gasteiger partial charge in [-0.05, 0) is 48.2 Å². The minimum Gasteiger partial charge on any atom is -0.399 e. The average molecular weight is 278 g/mol. The molecule has 0 atom stereocenters. The predicted octanol–water partition coefficient (Wildman–Crippen LogP) is 3.26. The van der Waals surface area contributed by atoms with Gasteiger partial charge in [0.1, 0.15) is 0 Å². The van der Waals surface area contributed by atoms with Gasteiger partial charge in [0.25, 0.3) is 5.91 Å². The van der Waals surface area contributed by atoms with E-state index in [4.69, 9.17) is 5.73 Å². The third kappa shape index (κ3) is 2.97. The van der Waals surface area contributed by atoms with Crippen molar-refractivity contribution in [3.05, 3.63) is 65.7 Å². The fraction of sp³-hybridized carbons (Fsp3) is 0.167. The van der Waals surface area contributed by atoms with E-state index in [1.165, 1.54) is 5.56 Å². The summed E-state index contributed by atoms with van der Waals surface area (Å²) in [6.07, 6.45) is 5.52. The van der Waals surface area contributed by atoms with Crippen LogP contribution in [0.4, 0.5) is 11.4 Å². The van der Waals surface area contributed by atoms with E-state index >= 15 is 0 Å². The Kier molecular flexibility index (Phi) is 3.73. The second-order valence-electron chi connectivity index (χ2n) is 5.22. The monoisotopic (exact) mass is 278 g/mol. The number of anilines is 2. The summed E-state index contributed by atoms with van der Waals surface area (Å²) < 4.78 is 0. The van der Waals surface area contributed by atoms with Gasteiger partial charge in [0.2, 0.25) is 0 Å². The van der Waals surface area contributed by atoms with E-state index in [1.54, 1.807) is 6.08 Å². The van der Waals surface area contributed by atoms with Crippen molar-refractivity contribution in [3.63, 3.8) is 0 Å². The average Bonchev–Trinajstić information content (AvgIpc) is 2.53. The Bertz CT molecular complexity index is 674. The Hall–Kier alpha value is -2.55. The van der Waals surface area contributed by atoms with Crippen molar-refractivity contribution in [1.82, 2.24) is 0 Å². The summed E-state index contributed by atoms with van der Waals surface area (Å²) in [7, 11) is 0. The van der Waals surface area contributed by atoms with Gasteiger partial charge >= 0.3 is 0 Å². The van der Waals surface area contributed by atoms with Crippen LogP contribution < -0.4 is 10.6 Å². The summed E-state index contributed by atoms with van der Waals surface area (Å²) in [5.74, 6) is 0.0268. The van der Waals surface area contributed by atoms with E-state index in [0.717, 1.165) is 36.3 Å². The predicted molar refractivity (Wildman–Crippen MR) is 87.0 cm³/mol. The lowest BCUT2D eigenvalue weighted by atomic mass is 10.0. The van der Waals surface area contributed by atoms with Gasteiger partial charge in [-0.3, -0.25) is 4.79 Å². The number of aryl methyl sites for hydroxylation is 1. The molecule has 3 rings (SSSR count). The summed E-state index contributed by atoms with van der Waals surface area (Å²) in [4.78, 5) is 14.3. The number of hydrogen-bond acceptors (Lipinski definition) is 2. The number of para-hydroxylation sites is 1. The second-order valence-corrected chi connectivity index (χ2v) is 5.22. The maximum atomic E-state index is 12.4. The van der Waals surface area contributed by atoms with Crippen LogP contribution in [0.15, 0.2) is 54.6 Å². The lowest BCUT2D eigenvalue weighted by molar-refractivity contribution is -0.114. The first kappa shape index (κ1) is 13.4. The van der Waals surface area contributed by atoms with Crippen LogP contribution in [0.5, 0.6) is 0 Å². The molecule has 0 saturated carbocycles. The number of hydrogen-bond donors (Lipinski definition) is 1. The molecule has 3 heteroatoms. The number of nitrogens with two attached hydrogens (primary N) is 1. The van der Waals surface area contributed by atoms with Crippen molar-refractivity contribution in [1.29, 1.82) is 0 Å². The van der Waals surface area contributed by atoms with E-state index in [9.17, 15) is 4.79 Å². The molecule has 0 aromatic heterocycles. The molecule has 21 heavy (non-hydrogen) atoms. The molecule has 0 saturated heterocycles. The fourth-order valence-corrected chi connectivity index (χ4v) is 2.63. The van der Waals surface area contributed by atoms with Gasteiger partial charge in [0, 0.05) is 24.0 Å². The third-order valence-electron chi connectivity index (χ3n) is 3.73. The first-order chi connectivity index (χ1) is 10.2. The number of rotatable bonds is 2. The normalized spacial score (nSPS) is 14.2. The summed E-state index contributed by atoms with van der Waals surface area (Å²) in [6, 6.07) is 15.6. The van der Waals surface area contributed by atoms with E-state index < -0.39 is 0 Å². The van der Waals surface area contributed by atoms with E-state index in [1.807, 2.05) is 53.4 Å². The van der Waals surface area contributed by atoms with Crippen molar-refractivity contribution in [2.75, 3.05) is 17.2 Å². The van der Waals surface area contributed by atoms with E-state index in [-0.39, 0.29) is 5.91 Å². The molecule has 1 aliphatic heterocycles. The summed E-state index contributed by atoms with van der Waals surface area (Å²) in [6.45, 7) is 0.780. The molecule has 2 aromatic carbocycles. The molecule has 1 amide bonds. The smallest absolute Gasteiger partial charge is 0.250 e. The molecule has 106 valence electrons. The molecular formula is C18H18N2O. The van der Waals surface area contributed by atoms with Gasteiger partial charge in [-0.25, -0.2) is 0 Å². The Labute approximate surface area is 124 Å². The first-order valence-electron chi connectivity index (χ1n) is 7.17. The summed E-state index contributed by atoms with van der Waals surface area (Å²) in [5, 5.41) is 0. The highest BCUT2D eigenvalue weighted by Crippen LogP contribution is 2.26. The van der Waals surface area contributed by atoms with Crippen molar-refractivity contribution < 1.29 is 4.79 Å². The van der Waals surface area contributed by atoms with Gasteiger partial charge in [-0.2, -0.15) is 0 Å². The maximum absolute atomic E-state index is 12.4. The topological polar surface area (TPSA) is 46.3 Å². The van der Waals surface area contributed by atoms with Crippen LogP contribution in [-0.4, -0.2) is 12.5 Å². The number of amides is 1. The Morgan fingerprint density at radius 1 is 1.10 bits per heavy atom. The number of nitrogens with zero attached hydrogens (tertiary/aromatic N) is 1. The number of benzene rings is 2. The second kappa shape index (κ2) is 5.83. The highest BCUT2D eigenvalue weighted by Gasteiger charge is 2.20. The quantitative estimate of drug-likeness (QED) is 0.677. The van der Waals surface area contributed by atoms with Crippen LogP contribution in [0.2, 0.25) is 0 Å². The number of carbonyl (C=O) groups is 1. The van der Waals surface area contributed by atoms with Crippen LogP contribution in [0, 0.1) is 0 Å². The summed E-state index contributed by atoms with van der Waals surface area (Å²) >= 11 is 0. The molecule has 0 spiro atoms. The zero-order valence-electron chi connectivity index (χ0n) is 11.8. The first-order valence-corrected chi connectivity index (χ1v) is 7.17. The molecule has 0 bridgehead atoms. The molecule has 1 heterocycles. The molecule has 2 aromatic rings. The minimum absolute atomic E-state index is 0.0268. The molecule has 0 fully saturated rings. The number of carbonyl (C=O) groups excluding carboxylic acids is 1. The Morgan fingerprint density at radius 2 is 1.86 bits per heavy atom. The lowest BCUT2D eigenvalue weighted by Crippen LogP contribution is -2.34. The van der Waals surface area contributed by atoms with Crippen molar-refractivity contribution >= 4 is 23.4 Å². The van der Waals surface area contributed by atoms with Gasteiger partial charge in [0.05, 0.1) is 0 Å². The molecule has 3 nitrogen and oxygen atoms in total. The lowest BCUT2D eigenvalue weighted by Gasteiger charge is -2.28. The Balaban J connectivity index is 1.79. The Morgan fingerprint density at radius 3 is 2.67 bits per heavy atom. The van der Waals surface area contributed by atoms with Gasteiger partial charge < -0.3 is 10.6 Å². The molecule has 0 aliphatic carbocycles. The molecule has 2 N–H and O–H groups in total. The maximum Gasteiger partial charge on any atom is 0.250 e. The van der Waals surface area contributed by atoms with Crippen LogP contribution in [0.1, 0.15) is 17.5 Å². The standard InChI is InChI=1S/C18H18N2O/c19-16-10-7-14(8-11-16)9-12-18(21)20-13-3-5-15-4-1-2-6-17(15)20/h1-2,4,6-12H,3,5,13,19H2/b12-9+. The zero-order chi connectivity index (χ0) is 14.7.